The summed E-state index contributed by atoms with van der Waals surface area (Å²) in [5.41, 5.74) is 1.38. The third-order valence-corrected chi connectivity index (χ3v) is 2.74. The van der Waals surface area contributed by atoms with Crippen LogP contribution in [0, 0.1) is 0 Å². The Hall–Kier alpha value is -1.25. The van der Waals surface area contributed by atoms with Gasteiger partial charge in [-0.25, -0.2) is 4.98 Å². The Morgan fingerprint density at radius 1 is 1.40 bits per heavy atom. The Balaban J connectivity index is 2.41. The average molecular weight is 205 g/mol. The van der Waals surface area contributed by atoms with Crippen molar-refractivity contribution in [3.05, 3.63) is 18.3 Å². The van der Waals surface area contributed by atoms with Crippen LogP contribution in [0.25, 0.3) is 0 Å². The number of aromatic nitrogens is 1. The van der Waals surface area contributed by atoms with Crippen LogP contribution in [0.2, 0.25) is 0 Å². The first-order valence-corrected chi connectivity index (χ1v) is 5.55. The molecule has 0 unspecified atom stereocenters. The minimum atomic E-state index is 0.157. The van der Waals surface area contributed by atoms with Crippen molar-refractivity contribution >= 4 is 11.5 Å². The Morgan fingerprint density at radius 3 is 2.93 bits per heavy atom. The van der Waals surface area contributed by atoms with Crippen LogP contribution in [0.5, 0.6) is 0 Å². The number of nitrogens with one attached hydrogen (secondary N) is 1. The number of anilines is 2. The maximum atomic E-state index is 4.39. The molecular formula is C12H19N3. The fraction of sp³-hybridized carbons (Fsp3) is 0.583. The van der Waals surface area contributed by atoms with Crippen LogP contribution in [0.3, 0.4) is 0 Å². The molecule has 82 valence electrons. The fourth-order valence-corrected chi connectivity index (χ4v) is 2.01. The quantitative estimate of drug-likeness (QED) is 0.705. The molecule has 2 rings (SSSR count). The van der Waals surface area contributed by atoms with Gasteiger partial charge in [-0.05, 0) is 39.3 Å². The first kappa shape index (κ1) is 10.3. The number of hydrogen-bond donors (Lipinski definition) is 1. The van der Waals surface area contributed by atoms with Gasteiger partial charge < -0.3 is 10.2 Å². The molecule has 0 saturated carbocycles. The molecule has 0 atom stereocenters. The van der Waals surface area contributed by atoms with E-state index >= 15 is 0 Å². The third kappa shape index (κ3) is 2.06. The first-order valence-electron chi connectivity index (χ1n) is 5.55. The van der Waals surface area contributed by atoms with Gasteiger partial charge in [-0.3, -0.25) is 0 Å². The Kier molecular flexibility index (Phi) is 2.55. The van der Waals surface area contributed by atoms with Gasteiger partial charge in [0.15, 0.2) is 0 Å². The summed E-state index contributed by atoms with van der Waals surface area (Å²) < 4.78 is 0. The highest BCUT2D eigenvalue weighted by atomic mass is 15.2. The summed E-state index contributed by atoms with van der Waals surface area (Å²) >= 11 is 0. The van der Waals surface area contributed by atoms with Crippen molar-refractivity contribution in [3.8, 4) is 0 Å². The standard InChI is InChI=1S/C12H19N3/c1-12(2,3)15-9-5-8-14-11-10(15)6-4-7-13-11/h4,6-7H,5,8-9H2,1-3H3,(H,13,14). The normalized spacial score (nSPS) is 16.6. The Bertz CT molecular complexity index is 341. The molecule has 0 amide bonds. The van der Waals surface area contributed by atoms with Crippen molar-refractivity contribution in [2.24, 2.45) is 0 Å². The molecule has 0 aromatic carbocycles. The minimum Gasteiger partial charge on any atom is -0.368 e. The predicted molar refractivity (Wildman–Crippen MR) is 64.4 cm³/mol. The van der Waals surface area contributed by atoms with Gasteiger partial charge in [0.25, 0.3) is 0 Å². The van der Waals surface area contributed by atoms with Crippen molar-refractivity contribution in [3.63, 3.8) is 0 Å². The summed E-state index contributed by atoms with van der Waals surface area (Å²) in [6, 6.07) is 4.15. The van der Waals surface area contributed by atoms with Crippen molar-refractivity contribution in [2.45, 2.75) is 32.7 Å². The summed E-state index contributed by atoms with van der Waals surface area (Å²) in [6.07, 6.45) is 3.01. The zero-order chi connectivity index (χ0) is 10.9. The molecule has 0 aliphatic carbocycles. The van der Waals surface area contributed by atoms with Crippen LogP contribution in [0.15, 0.2) is 18.3 Å². The number of rotatable bonds is 0. The van der Waals surface area contributed by atoms with Gasteiger partial charge in [-0.15, -0.1) is 0 Å². The average Bonchev–Trinajstić information content (AvgIpc) is 2.38. The van der Waals surface area contributed by atoms with E-state index in [2.05, 4.69) is 42.0 Å². The molecule has 2 heterocycles. The maximum Gasteiger partial charge on any atom is 0.149 e. The largest absolute Gasteiger partial charge is 0.368 e. The minimum absolute atomic E-state index is 0.157. The Morgan fingerprint density at radius 2 is 2.20 bits per heavy atom. The van der Waals surface area contributed by atoms with E-state index in [1.165, 1.54) is 5.69 Å². The third-order valence-electron chi connectivity index (χ3n) is 2.74. The van der Waals surface area contributed by atoms with Gasteiger partial charge in [0.1, 0.15) is 5.82 Å². The lowest BCUT2D eigenvalue weighted by molar-refractivity contribution is 0.503. The molecule has 0 bridgehead atoms. The summed E-state index contributed by atoms with van der Waals surface area (Å²) in [5, 5.41) is 3.37. The van der Waals surface area contributed by atoms with E-state index in [9.17, 15) is 0 Å². The van der Waals surface area contributed by atoms with Crippen molar-refractivity contribution in [1.29, 1.82) is 0 Å². The molecule has 0 radical (unpaired) electrons. The predicted octanol–water partition coefficient (Wildman–Crippen LogP) is 2.50. The van der Waals surface area contributed by atoms with Crippen molar-refractivity contribution < 1.29 is 0 Å². The summed E-state index contributed by atoms with van der Waals surface area (Å²) in [4.78, 5) is 6.82. The summed E-state index contributed by atoms with van der Waals surface area (Å²) in [7, 11) is 0. The highest BCUT2D eigenvalue weighted by molar-refractivity contribution is 5.67. The van der Waals surface area contributed by atoms with Gasteiger partial charge in [-0.2, -0.15) is 0 Å². The molecule has 0 fully saturated rings. The van der Waals surface area contributed by atoms with Crippen LogP contribution >= 0.6 is 0 Å². The van der Waals surface area contributed by atoms with Crippen LogP contribution < -0.4 is 10.2 Å². The van der Waals surface area contributed by atoms with E-state index in [0.717, 1.165) is 25.3 Å². The smallest absolute Gasteiger partial charge is 0.149 e. The number of nitrogens with zero attached hydrogens (tertiary/aromatic N) is 2. The summed E-state index contributed by atoms with van der Waals surface area (Å²) in [5.74, 6) is 1.02. The molecule has 0 spiro atoms. The van der Waals surface area contributed by atoms with E-state index in [1.54, 1.807) is 0 Å². The van der Waals surface area contributed by atoms with Crippen LogP contribution in [-0.4, -0.2) is 23.6 Å². The lowest BCUT2D eigenvalue weighted by Gasteiger charge is -2.37. The number of hydrogen-bond acceptors (Lipinski definition) is 3. The topological polar surface area (TPSA) is 28.2 Å². The lowest BCUT2D eigenvalue weighted by atomic mass is 10.0. The highest BCUT2D eigenvalue weighted by Crippen LogP contribution is 2.31. The molecule has 1 aromatic rings. The lowest BCUT2D eigenvalue weighted by Crippen LogP contribution is -2.41. The van der Waals surface area contributed by atoms with Crippen molar-refractivity contribution in [2.75, 3.05) is 23.3 Å². The number of fused-ring (bicyclic) bond motifs is 1. The van der Waals surface area contributed by atoms with Crippen LogP contribution in [-0.2, 0) is 0 Å². The highest BCUT2D eigenvalue weighted by Gasteiger charge is 2.25. The Labute approximate surface area is 91.5 Å². The molecule has 1 aliphatic heterocycles. The van der Waals surface area contributed by atoms with E-state index in [0.29, 0.717) is 0 Å². The van der Waals surface area contributed by atoms with Crippen LogP contribution in [0.4, 0.5) is 11.5 Å². The van der Waals surface area contributed by atoms with Crippen LogP contribution in [0.1, 0.15) is 27.2 Å². The molecule has 3 heteroatoms. The molecular weight excluding hydrogens is 186 g/mol. The van der Waals surface area contributed by atoms with Gasteiger partial charge in [-0.1, -0.05) is 0 Å². The molecule has 1 N–H and O–H groups in total. The van der Waals surface area contributed by atoms with Gasteiger partial charge in [0.2, 0.25) is 0 Å². The van der Waals surface area contributed by atoms with Gasteiger partial charge in [0.05, 0.1) is 5.69 Å². The van der Waals surface area contributed by atoms with E-state index in [-0.39, 0.29) is 5.54 Å². The summed E-state index contributed by atoms with van der Waals surface area (Å²) in [6.45, 7) is 8.84. The van der Waals surface area contributed by atoms with Gasteiger partial charge in [0, 0.05) is 24.8 Å². The SMILES string of the molecule is CC(C)(C)N1CCCNc2ncccc21. The molecule has 1 aromatic heterocycles. The monoisotopic (exact) mass is 205 g/mol. The molecule has 15 heavy (non-hydrogen) atoms. The van der Waals surface area contributed by atoms with E-state index in [1.807, 2.05) is 12.3 Å². The van der Waals surface area contributed by atoms with Gasteiger partial charge >= 0.3 is 0 Å². The second-order valence-electron chi connectivity index (χ2n) is 4.97. The number of pyridine rings is 1. The van der Waals surface area contributed by atoms with E-state index in [4.69, 9.17) is 0 Å². The maximum absolute atomic E-state index is 4.39. The van der Waals surface area contributed by atoms with Crippen molar-refractivity contribution in [1.82, 2.24) is 4.98 Å². The van der Waals surface area contributed by atoms with E-state index < -0.39 is 0 Å². The zero-order valence-corrected chi connectivity index (χ0v) is 9.75. The zero-order valence-electron chi connectivity index (χ0n) is 9.75. The molecule has 3 nitrogen and oxygen atoms in total. The molecule has 0 saturated heterocycles. The molecule has 1 aliphatic rings. The fourth-order valence-electron chi connectivity index (χ4n) is 2.01. The second-order valence-corrected chi connectivity index (χ2v) is 4.97. The second kappa shape index (κ2) is 3.72. The first-order chi connectivity index (χ1) is 7.09.